The molecule has 6 N–H and O–H groups in total. The molecule has 3 aromatic carbocycles. The first-order valence-electron chi connectivity index (χ1n) is 14.5. The van der Waals surface area contributed by atoms with Crippen LogP contribution < -0.4 is 0 Å². The molecule has 45 heavy (non-hydrogen) atoms. The molecule has 0 saturated carbocycles. The number of aryl methyl sites for hydroxylation is 2. The molecule has 0 atom stereocenters. The smallest absolute Gasteiger partial charge is 0.390 e. The summed E-state index contributed by atoms with van der Waals surface area (Å²) in [5, 5.41) is 0. The normalized spacial score (nSPS) is 12.3. The third-order valence-corrected chi connectivity index (χ3v) is 12.5. The molecule has 6 aromatic rings. The second kappa shape index (κ2) is 13.4. The van der Waals surface area contributed by atoms with E-state index in [9.17, 15) is 28.8 Å². The van der Waals surface area contributed by atoms with Gasteiger partial charge in [-0.2, -0.15) is 8.75 Å². The lowest BCUT2D eigenvalue weighted by atomic mass is 10.1. The number of thiophene rings is 2. The van der Waals surface area contributed by atoms with E-state index in [1.54, 1.807) is 22.7 Å². The zero-order chi connectivity index (χ0) is 31.6. The van der Waals surface area contributed by atoms with Gasteiger partial charge >= 0.3 is 17.6 Å². The summed E-state index contributed by atoms with van der Waals surface area (Å²) in [6.07, 6.45) is 2.41. The summed E-state index contributed by atoms with van der Waals surface area (Å²) >= 11 is 4.63. The first kappa shape index (κ1) is 32.0. The zero-order valence-electron chi connectivity index (χ0n) is 24.1. The van der Waals surface area contributed by atoms with Crippen LogP contribution in [0.2, 0.25) is 12.1 Å². The highest BCUT2D eigenvalue weighted by atomic mass is 32.1. The number of aromatic nitrogens is 2. The maximum atomic E-state index is 9.23. The van der Waals surface area contributed by atoms with Gasteiger partial charge in [-0.25, -0.2) is 0 Å². The van der Waals surface area contributed by atoms with Crippen molar-refractivity contribution >= 4 is 63.0 Å². The number of benzene rings is 3. The van der Waals surface area contributed by atoms with Crippen LogP contribution in [0.1, 0.15) is 24.0 Å². The Morgan fingerprint density at radius 3 is 1.22 bits per heavy atom. The Labute approximate surface area is 274 Å². The van der Waals surface area contributed by atoms with Crippen molar-refractivity contribution in [3.63, 3.8) is 0 Å². The van der Waals surface area contributed by atoms with Crippen LogP contribution >= 0.6 is 34.4 Å². The van der Waals surface area contributed by atoms with Crippen molar-refractivity contribution in [2.75, 3.05) is 0 Å². The van der Waals surface area contributed by atoms with Crippen LogP contribution in [0.4, 0.5) is 0 Å². The molecule has 0 radical (unpaired) electrons. The van der Waals surface area contributed by atoms with Gasteiger partial charge in [0.05, 0.1) is 11.7 Å². The zero-order valence-corrected chi connectivity index (χ0v) is 28.6. The third kappa shape index (κ3) is 8.08. The van der Waals surface area contributed by atoms with Gasteiger partial charge in [0.1, 0.15) is 11.0 Å². The maximum Gasteiger partial charge on any atom is 0.492 e. The molecule has 0 saturated heterocycles. The predicted octanol–water partition coefficient (Wildman–Crippen LogP) is 6.18. The summed E-state index contributed by atoms with van der Waals surface area (Å²) in [7, 11) is -7.97. The van der Waals surface area contributed by atoms with Crippen LogP contribution in [-0.4, -0.2) is 55.1 Å². The maximum absolute atomic E-state index is 9.23. The Bertz CT molecular complexity index is 1760. The van der Waals surface area contributed by atoms with Crippen molar-refractivity contribution in [2.24, 2.45) is 0 Å². The molecule has 0 fully saturated rings. The van der Waals surface area contributed by atoms with Gasteiger partial charge in [-0.15, -0.1) is 22.7 Å². The van der Waals surface area contributed by atoms with Gasteiger partial charge in [0, 0.05) is 42.7 Å². The van der Waals surface area contributed by atoms with Crippen LogP contribution in [0.25, 0.3) is 52.8 Å². The van der Waals surface area contributed by atoms with E-state index in [1.165, 1.54) is 11.7 Å². The highest BCUT2D eigenvalue weighted by molar-refractivity contribution is 7.19. The fraction of sp³-hybridized carbons (Fsp3) is 0.188. The Morgan fingerprint density at radius 1 is 0.467 bits per heavy atom. The highest BCUT2D eigenvalue weighted by Gasteiger charge is 2.26. The number of hydrogen-bond acceptors (Lipinski definition) is 11. The summed E-state index contributed by atoms with van der Waals surface area (Å²) in [4.78, 5) is 59.9. The molecule has 6 rings (SSSR count). The van der Waals surface area contributed by atoms with Crippen LogP contribution in [-0.2, 0) is 12.8 Å². The first-order chi connectivity index (χ1) is 21.5. The molecule has 0 amide bonds. The minimum Gasteiger partial charge on any atom is -0.390 e. The Morgan fingerprint density at radius 2 is 0.844 bits per heavy atom. The molecule has 8 nitrogen and oxygen atoms in total. The fourth-order valence-electron chi connectivity index (χ4n) is 5.27. The van der Waals surface area contributed by atoms with Crippen LogP contribution in [0.5, 0.6) is 0 Å². The van der Waals surface area contributed by atoms with E-state index < -0.39 is 17.6 Å². The lowest BCUT2D eigenvalue weighted by molar-refractivity contribution is 0.224. The van der Waals surface area contributed by atoms with Crippen LogP contribution in [0.15, 0.2) is 84.9 Å². The molecule has 3 heterocycles. The molecule has 0 unspecified atom stereocenters. The average molecular weight is 693 g/mol. The lowest BCUT2D eigenvalue weighted by Gasteiger charge is -2.09. The standard InChI is InChI=1S/C32H32N2O6S3Si2/c35-44(36,37)19-1-3-21-5-9-23(10-6-21)27-15-17-29(41-27)25-13-14-26(32-31(25)33-43-34-32)30-18-16-28(42-30)24-11-7-22(8-12-24)4-2-20-45(38,39)40/h5-18,35-40H,1-4,19-20H2. The summed E-state index contributed by atoms with van der Waals surface area (Å²) in [6.45, 7) is 0. The third-order valence-electron chi connectivity index (χ3n) is 7.59. The Kier molecular flexibility index (Phi) is 9.56. The Hall–Kier alpha value is -2.93. The molecule has 0 bridgehead atoms. The van der Waals surface area contributed by atoms with E-state index in [-0.39, 0.29) is 12.1 Å². The van der Waals surface area contributed by atoms with Crippen molar-refractivity contribution in [1.82, 2.24) is 8.75 Å². The SMILES string of the molecule is O[Si](O)(O)CCCc1ccc(-c2ccc(-c3ccc(-c4ccc(-c5ccc(CCC[Si](O)(O)O)cc5)s4)c4nsnc34)s2)cc1. The van der Waals surface area contributed by atoms with E-state index in [0.717, 1.165) is 63.9 Å². The van der Waals surface area contributed by atoms with Gasteiger partial charge in [0.15, 0.2) is 0 Å². The summed E-state index contributed by atoms with van der Waals surface area (Å²) in [5.41, 5.74) is 8.27. The van der Waals surface area contributed by atoms with E-state index >= 15 is 0 Å². The second-order valence-electron chi connectivity index (χ2n) is 11.1. The van der Waals surface area contributed by atoms with Crippen molar-refractivity contribution in [2.45, 2.75) is 37.8 Å². The summed E-state index contributed by atoms with van der Waals surface area (Å²) in [5.74, 6) is 0. The van der Waals surface area contributed by atoms with Crippen molar-refractivity contribution in [1.29, 1.82) is 0 Å². The van der Waals surface area contributed by atoms with Gasteiger partial charge < -0.3 is 28.8 Å². The quantitative estimate of drug-likeness (QED) is 0.0834. The molecular weight excluding hydrogens is 661 g/mol. The number of nitrogens with zero attached hydrogens (tertiary/aromatic N) is 2. The molecule has 0 aliphatic rings. The fourth-order valence-corrected chi connectivity index (χ4v) is 9.22. The minimum atomic E-state index is -3.99. The number of fused-ring (bicyclic) bond motifs is 1. The van der Waals surface area contributed by atoms with Gasteiger partial charge in [0.2, 0.25) is 0 Å². The van der Waals surface area contributed by atoms with E-state index in [0.29, 0.717) is 25.7 Å². The van der Waals surface area contributed by atoms with E-state index in [1.807, 2.05) is 24.3 Å². The highest BCUT2D eigenvalue weighted by Crippen LogP contribution is 2.42. The van der Waals surface area contributed by atoms with Gasteiger partial charge in [-0.05, 0) is 72.2 Å². The van der Waals surface area contributed by atoms with Crippen LogP contribution in [0, 0.1) is 0 Å². The summed E-state index contributed by atoms with van der Waals surface area (Å²) < 4.78 is 9.36. The largest absolute Gasteiger partial charge is 0.492 e. The number of hydrogen-bond donors (Lipinski definition) is 6. The summed E-state index contributed by atoms with van der Waals surface area (Å²) in [6, 6.07) is 29.3. The molecule has 3 aromatic heterocycles. The molecule has 0 aliphatic carbocycles. The van der Waals surface area contributed by atoms with E-state index in [2.05, 4.69) is 69.4 Å². The first-order valence-corrected chi connectivity index (χ1v) is 21.0. The van der Waals surface area contributed by atoms with Crippen molar-refractivity contribution in [3.8, 4) is 41.8 Å². The lowest BCUT2D eigenvalue weighted by Crippen LogP contribution is -2.34. The average Bonchev–Trinajstić information content (AvgIpc) is 3.78. The van der Waals surface area contributed by atoms with Gasteiger partial charge in [-0.3, -0.25) is 0 Å². The van der Waals surface area contributed by atoms with Gasteiger partial charge in [0.25, 0.3) is 0 Å². The predicted molar refractivity (Wildman–Crippen MR) is 186 cm³/mol. The second-order valence-corrected chi connectivity index (χ2v) is 17.9. The van der Waals surface area contributed by atoms with Crippen molar-refractivity contribution < 1.29 is 28.8 Å². The molecular formula is C32H32N2O6S3Si2. The van der Waals surface area contributed by atoms with Crippen LogP contribution in [0.3, 0.4) is 0 Å². The molecule has 13 heteroatoms. The monoisotopic (exact) mass is 692 g/mol. The van der Waals surface area contributed by atoms with Gasteiger partial charge in [-0.1, -0.05) is 60.7 Å². The minimum absolute atomic E-state index is 0.0401. The topological polar surface area (TPSA) is 147 Å². The Balaban J connectivity index is 1.17. The molecule has 0 spiro atoms. The van der Waals surface area contributed by atoms with Crippen molar-refractivity contribution in [3.05, 3.63) is 96.1 Å². The molecule has 0 aliphatic heterocycles. The van der Waals surface area contributed by atoms with E-state index in [4.69, 9.17) is 0 Å². The number of rotatable bonds is 12. The molecule has 232 valence electrons.